The highest BCUT2D eigenvalue weighted by Gasteiger charge is 2.16. The van der Waals surface area contributed by atoms with Gasteiger partial charge in [-0.05, 0) is 12.3 Å². The zero-order chi connectivity index (χ0) is 9.72. The van der Waals surface area contributed by atoms with E-state index in [1.165, 1.54) is 18.5 Å². The van der Waals surface area contributed by atoms with Crippen molar-refractivity contribution >= 4 is 0 Å². The average Bonchev–Trinajstić information content (AvgIpc) is 1.98. The smallest absolute Gasteiger partial charge is 0.00885 e. The first-order valence-corrected chi connectivity index (χ1v) is 4.86. The zero-order valence-electron chi connectivity index (χ0n) is 9.22. The van der Waals surface area contributed by atoms with Crippen LogP contribution in [-0.2, 0) is 0 Å². The molecule has 0 amide bonds. The highest BCUT2D eigenvalue weighted by Crippen LogP contribution is 2.25. The second-order valence-corrected chi connectivity index (χ2v) is 4.02. The molecule has 0 aromatic carbocycles. The van der Waals surface area contributed by atoms with Gasteiger partial charge in [-0.15, -0.1) is 0 Å². The minimum absolute atomic E-state index is 0.657. The maximum atomic E-state index is 4.12. The van der Waals surface area contributed by atoms with Crippen LogP contribution in [0.5, 0.6) is 0 Å². The van der Waals surface area contributed by atoms with Crippen LogP contribution in [0.3, 0.4) is 0 Å². The molecule has 0 aliphatic carbocycles. The summed E-state index contributed by atoms with van der Waals surface area (Å²) in [6.45, 7) is 10.9. The molecule has 0 bridgehead atoms. The first-order valence-electron chi connectivity index (χ1n) is 4.86. The predicted octanol–water partition coefficient (Wildman–Crippen LogP) is 3.13. The van der Waals surface area contributed by atoms with Crippen LogP contribution in [0, 0.1) is 11.8 Å². The van der Waals surface area contributed by atoms with Gasteiger partial charge in [-0.3, -0.25) is 0 Å². The first kappa shape index (κ1) is 11.5. The molecule has 0 aliphatic rings. The van der Waals surface area contributed by atoms with Crippen molar-refractivity contribution in [2.24, 2.45) is 11.8 Å². The third-order valence-electron chi connectivity index (χ3n) is 2.41. The van der Waals surface area contributed by atoms with E-state index in [0.717, 1.165) is 0 Å². The molecule has 0 saturated carbocycles. The average molecular weight is 169 g/mol. The van der Waals surface area contributed by atoms with Gasteiger partial charge in [-0.2, -0.15) is 0 Å². The molecule has 0 N–H and O–H groups in total. The summed E-state index contributed by atoms with van der Waals surface area (Å²) in [5.74, 6) is 1.37. The Kier molecular flexibility index (Phi) is 5.03. The fourth-order valence-corrected chi connectivity index (χ4v) is 1.53. The molecule has 0 aromatic rings. The Bertz CT molecular complexity index is 136. The van der Waals surface area contributed by atoms with Gasteiger partial charge in [0.2, 0.25) is 0 Å². The van der Waals surface area contributed by atoms with Crippen LogP contribution >= 0.6 is 0 Å². The van der Waals surface area contributed by atoms with E-state index in [-0.39, 0.29) is 0 Å². The minimum atomic E-state index is 0.657. The topological polar surface area (TPSA) is 3.24 Å². The number of nitrogens with zero attached hydrogens (tertiary/aromatic N) is 1. The molecule has 0 fully saturated rings. The van der Waals surface area contributed by atoms with Crippen molar-refractivity contribution in [2.45, 2.75) is 33.6 Å². The Balaban J connectivity index is 4.19. The Morgan fingerprint density at radius 1 is 1.33 bits per heavy atom. The summed E-state index contributed by atoms with van der Waals surface area (Å²) in [6, 6.07) is 0. The molecule has 0 radical (unpaired) electrons. The van der Waals surface area contributed by atoms with Crippen molar-refractivity contribution < 1.29 is 0 Å². The van der Waals surface area contributed by atoms with Crippen LogP contribution in [-0.4, -0.2) is 19.0 Å². The predicted molar refractivity (Wildman–Crippen MR) is 56.1 cm³/mol. The van der Waals surface area contributed by atoms with E-state index in [4.69, 9.17) is 0 Å². The summed E-state index contributed by atoms with van der Waals surface area (Å²) in [6.07, 6.45) is 2.50. The van der Waals surface area contributed by atoms with Crippen LogP contribution in [0.15, 0.2) is 12.3 Å². The zero-order valence-corrected chi connectivity index (χ0v) is 9.22. The largest absolute Gasteiger partial charge is 0.381 e. The van der Waals surface area contributed by atoms with Gasteiger partial charge in [0.25, 0.3) is 0 Å². The molecule has 0 heterocycles. The molecule has 1 heteroatoms. The van der Waals surface area contributed by atoms with Crippen LogP contribution in [0.1, 0.15) is 33.6 Å². The van der Waals surface area contributed by atoms with Crippen LogP contribution in [0.2, 0.25) is 0 Å². The van der Waals surface area contributed by atoms with Crippen LogP contribution < -0.4 is 0 Å². The molecule has 1 nitrogen and oxygen atoms in total. The molecular weight excluding hydrogens is 146 g/mol. The van der Waals surface area contributed by atoms with Gasteiger partial charge in [0.05, 0.1) is 0 Å². The highest BCUT2D eigenvalue weighted by molar-refractivity contribution is 4.98. The summed E-state index contributed by atoms with van der Waals surface area (Å²) in [4.78, 5) is 2.14. The van der Waals surface area contributed by atoms with Crippen molar-refractivity contribution in [1.82, 2.24) is 4.90 Å². The highest BCUT2D eigenvalue weighted by atomic mass is 15.1. The van der Waals surface area contributed by atoms with E-state index in [1.807, 2.05) is 0 Å². The number of allylic oxidation sites excluding steroid dienone is 1. The molecule has 0 aliphatic heterocycles. The fourth-order valence-electron chi connectivity index (χ4n) is 1.53. The SMILES string of the molecule is C=C(C(CCC)C(C)C)N(C)C. The fraction of sp³-hybridized carbons (Fsp3) is 0.818. The van der Waals surface area contributed by atoms with Gasteiger partial charge in [0, 0.05) is 25.7 Å². The maximum Gasteiger partial charge on any atom is 0.00885 e. The molecule has 0 rings (SSSR count). The van der Waals surface area contributed by atoms with Crippen molar-refractivity contribution in [3.63, 3.8) is 0 Å². The minimum Gasteiger partial charge on any atom is -0.381 e. The van der Waals surface area contributed by atoms with E-state index < -0.39 is 0 Å². The van der Waals surface area contributed by atoms with Gasteiger partial charge < -0.3 is 4.90 Å². The third-order valence-corrected chi connectivity index (χ3v) is 2.41. The Hall–Kier alpha value is -0.460. The lowest BCUT2D eigenvalue weighted by atomic mass is 9.88. The molecule has 72 valence electrons. The van der Waals surface area contributed by atoms with Crippen molar-refractivity contribution in [2.75, 3.05) is 14.1 Å². The molecule has 0 aromatic heterocycles. The van der Waals surface area contributed by atoms with Crippen molar-refractivity contribution in [3.05, 3.63) is 12.3 Å². The van der Waals surface area contributed by atoms with E-state index in [1.54, 1.807) is 0 Å². The van der Waals surface area contributed by atoms with Gasteiger partial charge in [0.15, 0.2) is 0 Å². The van der Waals surface area contributed by atoms with E-state index in [9.17, 15) is 0 Å². The summed E-state index contributed by atoms with van der Waals surface area (Å²) >= 11 is 0. The summed E-state index contributed by atoms with van der Waals surface area (Å²) in [5.41, 5.74) is 1.27. The van der Waals surface area contributed by atoms with Gasteiger partial charge in [-0.1, -0.05) is 33.8 Å². The summed E-state index contributed by atoms with van der Waals surface area (Å²) < 4.78 is 0. The molecule has 0 spiro atoms. The second kappa shape index (κ2) is 5.23. The molecule has 1 atom stereocenters. The first-order chi connectivity index (χ1) is 5.50. The van der Waals surface area contributed by atoms with Gasteiger partial charge in [0.1, 0.15) is 0 Å². The monoisotopic (exact) mass is 169 g/mol. The second-order valence-electron chi connectivity index (χ2n) is 4.02. The lowest BCUT2D eigenvalue weighted by molar-refractivity contribution is 0.328. The van der Waals surface area contributed by atoms with Crippen LogP contribution in [0.25, 0.3) is 0 Å². The Labute approximate surface area is 77.5 Å². The van der Waals surface area contributed by atoms with Crippen molar-refractivity contribution in [1.29, 1.82) is 0 Å². The number of hydrogen-bond acceptors (Lipinski definition) is 1. The lowest BCUT2D eigenvalue weighted by Gasteiger charge is -2.28. The number of hydrogen-bond donors (Lipinski definition) is 0. The summed E-state index contributed by atoms with van der Waals surface area (Å²) in [5, 5.41) is 0. The quantitative estimate of drug-likeness (QED) is 0.611. The van der Waals surface area contributed by atoms with Gasteiger partial charge in [-0.25, -0.2) is 0 Å². The van der Waals surface area contributed by atoms with Crippen LogP contribution in [0.4, 0.5) is 0 Å². The maximum absolute atomic E-state index is 4.12. The lowest BCUT2D eigenvalue weighted by Crippen LogP contribution is -2.22. The molecule has 12 heavy (non-hydrogen) atoms. The third kappa shape index (κ3) is 3.29. The standard InChI is InChI=1S/C11H23N/c1-7-8-11(9(2)3)10(4)12(5)6/h9,11H,4,7-8H2,1-3,5-6H3. The molecular formula is C11H23N. The van der Waals surface area contributed by atoms with Gasteiger partial charge >= 0.3 is 0 Å². The van der Waals surface area contributed by atoms with E-state index in [2.05, 4.69) is 46.3 Å². The molecule has 0 saturated heterocycles. The summed E-state index contributed by atoms with van der Waals surface area (Å²) in [7, 11) is 4.15. The normalized spacial score (nSPS) is 13.2. The van der Waals surface area contributed by atoms with Crippen molar-refractivity contribution in [3.8, 4) is 0 Å². The Morgan fingerprint density at radius 3 is 2.08 bits per heavy atom. The van der Waals surface area contributed by atoms with E-state index in [0.29, 0.717) is 11.8 Å². The molecule has 1 unspecified atom stereocenters. The Morgan fingerprint density at radius 2 is 1.83 bits per heavy atom. The number of rotatable bonds is 5. The van der Waals surface area contributed by atoms with E-state index >= 15 is 0 Å².